The molecule has 6 nitrogen and oxygen atoms in total. The maximum Gasteiger partial charge on any atom is 0.268 e. The Morgan fingerprint density at radius 1 is 1.29 bits per heavy atom. The highest BCUT2D eigenvalue weighted by Gasteiger charge is 2.09. The first-order valence-corrected chi connectivity index (χ1v) is 6.38. The summed E-state index contributed by atoms with van der Waals surface area (Å²) in [7, 11) is 0. The number of amides is 1. The van der Waals surface area contributed by atoms with Crippen LogP contribution in [0.15, 0.2) is 41.0 Å². The highest BCUT2D eigenvalue weighted by molar-refractivity contribution is 5.93. The van der Waals surface area contributed by atoms with Crippen molar-refractivity contribution >= 4 is 11.7 Å². The second-order valence-corrected chi connectivity index (χ2v) is 4.59. The molecule has 1 aromatic heterocycles. The summed E-state index contributed by atoms with van der Waals surface area (Å²) in [5, 5.41) is 0. The molecule has 0 unspecified atom stereocenters. The average molecular weight is 288 g/mol. The fourth-order valence-corrected chi connectivity index (χ4v) is 1.80. The number of benzene rings is 1. The molecule has 0 bridgehead atoms. The van der Waals surface area contributed by atoms with E-state index in [1.165, 1.54) is 6.26 Å². The van der Waals surface area contributed by atoms with Crippen molar-refractivity contribution in [2.24, 2.45) is 5.84 Å². The molecule has 0 saturated carbocycles. The summed E-state index contributed by atoms with van der Waals surface area (Å²) >= 11 is 0. The molecule has 0 aliphatic rings. The normalized spacial score (nSPS) is 10.2. The standard InChI is InChI=1S/C15H16N2O4/c1-10(18)6-11-2-4-13(5-3-11)21-9-14-7-12(8-20-14)15(19)17-16/h2-5,7-8H,6,9,16H2,1H3,(H,17,19). The molecule has 6 heteroatoms. The van der Waals surface area contributed by atoms with Gasteiger partial charge in [-0.1, -0.05) is 12.1 Å². The van der Waals surface area contributed by atoms with Gasteiger partial charge in [-0.3, -0.25) is 15.0 Å². The van der Waals surface area contributed by atoms with E-state index in [2.05, 4.69) is 0 Å². The van der Waals surface area contributed by atoms with E-state index in [4.69, 9.17) is 15.0 Å². The third-order valence-electron chi connectivity index (χ3n) is 2.80. The summed E-state index contributed by atoms with van der Waals surface area (Å²) in [6.07, 6.45) is 1.73. The van der Waals surface area contributed by atoms with Gasteiger partial charge in [-0.15, -0.1) is 0 Å². The molecule has 0 radical (unpaired) electrons. The van der Waals surface area contributed by atoms with Crippen LogP contribution in [0.25, 0.3) is 0 Å². The van der Waals surface area contributed by atoms with Gasteiger partial charge in [0.15, 0.2) is 0 Å². The molecule has 0 aliphatic heterocycles. The van der Waals surface area contributed by atoms with Crippen LogP contribution in [0.1, 0.15) is 28.6 Å². The fraction of sp³-hybridized carbons (Fsp3) is 0.200. The summed E-state index contributed by atoms with van der Waals surface area (Å²) in [6.45, 7) is 1.75. The van der Waals surface area contributed by atoms with Gasteiger partial charge in [-0.2, -0.15) is 0 Å². The van der Waals surface area contributed by atoms with E-state index in [1.54, 1.807) is 25.1 Å². The minimum absolute atomic E-state index is 0.116. The van der Waals surface area contributed by atoms with E-state index < -0.39 is 5.91 Å². The van der Waals surface area contributed by atoms with Crippen molar-refractivity contribution in [2.75, 3.05) is 0 Å². The second-order valence-electron chi connectivity index (χ2n) is 4.59. The monoisotopic (exact) mass is 288 g/mol. The Hall–Kier alpha value is -2.60. The van der Waals surface area contributed by atoms with Gasteiger partial charge in [0.1, 0.15) is 30.2 Å². The van der Waals surface area contributed by atoms with Crippen molar-refractivity contribution in [3.05, 3.63) is 53.5 Å². The SMILES string of the molecule is CC(=O)Cc1ccc(OCc2cc(C(=O)NN)co2)cc1. The molecule has 0 fully saturated rings. The number of ether oxygens (including phenoxy) is 1. The Bertz CT molecular complexity index is 631. The number of furan rings is 1. The van der Waals surface area contributed by atoms with Crippen LogP contribution in [0.5, 0.6) is 5.75 Å². The summed E-state index contributed by atoms with van der Waals surface area (Å²) in [5.41, 5.74) is 3.30. The zero-order valence-corrected chi connectivity index (χ0v) is 11.6. The number of ketones is 1. The average Bonchev–Trinajstić information content (AvgIpc) is 2.94. The molecule has 3 N–H and O–H groups in total. The van der Waals surface area contributed by atoms with Crippen molar-refractivity contribution in [3.8, 4) is 5.75 Å². The molecule has 21 heavy (non-hydrogen) atoms. The largest absolute Gasteiger partial charge is 0.486 e. The predicted molar refractivity (Wildman–Crippen MR) is 75.5 cm³/mol. The number of hydrazine groups is 1. The zero-order chi connectivity index (χ0) is 15.2. The van der Waals surface area contributed by atoms with Crippen LogP contribution in [-0.4, -0.2) is 11.7 Å². The fourth-order valence-electron chi connectivity index (χ4n) is 1.80. The summed E-state index contributed by atoms with van der Waals surface area (Å²) < 4.78 is 10.7. The number of carbonyl (C=O) groups excluding carboxylic acids is 2. The van der Waals surface area contributed by atoms with Crippen LogP contribution >= 0.6 is 0 Å². The lowest BCUT2D eigenvalue weighted by atomic mass is 10.1. The molecule has 0 spiro atoms. The van der Waals surface area contributed by atoms with E-state index in [-0.39, 0.29) is 12.4 Å². The van der Waals surface area contributed by atoms with Gasteiger partial charge < -0.3 is 9.15 Å². The number of Topliss-reactive ketones (excluding diaryl/α,β-unsaturated/α-hetero) is 1. The zero-order valence-electron chi connectivity index (χ0n) is 11.6. The maximum absolute atomic E-state index is 11.3. The molecule has 1 heterocycles. The Balaban J connectivity index is 1.92. The number of hydrogen-bond donors (Lipinski definition) is 2. The number of hydrogen-bond acceptors (Lipinski definition) is 5. The number of rotatable bonds is 6. The molecule has 0 atom stereocenters. The van der Waals surface area contributed by atoms with Gasteiger partial charge >= 0.3 is 0 Å². The number of carbonyl (C=O) groups is 2. The van der Waals surface area contributed by atoms with E-state index in [0.29, 0.717) is 23.5 Å². The first-order chi connectivity index (χ1) is 10.1. The first-order valence-electron chi connectivity index (χ1n) is 6.38. The molecule has 2 aromatic rings. The topological polar surface area (TPSA) is 94.6 Å². The molecule has 2 rings (SSSR count). The van der Waals surface area contributed by atoms with Crippen molar-refractivity contribution < 1.29 is 18.7 Å². The van der Waals surface area contributed by atoms with Crippen molar-refractivity contribution in [3.63, 3.8) is 0 Å². The van der Waals surface area contributed by atoms with E-state index in [0.717, 1.165) is 5.56 Å². The summed E-state index contributed by atoms with van der Waals surface area (Å²) in [5.74, 6) is 5.90. The number of nitrogens with one attached hydrogen (secondary N) is 1. The first kappa shape index (κ1) is 14.8. The molecule has 110 valence electrons. The third-order valence-corrected chi connectivity index (χ3v) is 2.80. The highest BCUT2D eigenvalue weighted by Crippen LogP contribution is 2.16. The Morgan fingerprint density at radius 2 is 2.00 bits per heavy atom. The van der Waals surface area contributed by atoms with Crippen molar-refractivity contribution in [1.82, 2.24) is 5.43 Å². The van der Waals surface area contributed by atoms with Crippen LogP contribution < -0.4 is 16.0 Å². The lowest BCUT2D eigenvalue weighted by molar-refractivity contribution is -0.116. The van der Waals surface area contributed by atoms with Gasteiger partial charge in [0.05, 0.1) is 5.56 Å². The maximum atomic E-state index is 11.3. The smallest absolute Gasteiger partial charge is 0.268 e. The van der Waals surface area contributed by atoms with Gasteiger partial charge in [-0.05, 0) is 30.7 Å². The number of nitrogen functional groups attached to an aromatic ring is 1. The second kappa shape index (κ2) is 6.71. The lowest BCUT2D eigenvalue weighted by Crippen LogP contribution is -2.29. The van der Waals surface area contributed by atoms with Crippen LogP contribution in [-0.2, 0) is 17.8 Å². The molecule has 1 amide bonds. The van der Waals surface area contributed by atoms with Crippen LogP contribution in [0.2, 0.25) is 0 Å². The predicted octanol–water partition coefficient (Wildman–Crippen LogP) is 1.59. The highest BCUT2D eigenvalue weighted by atomic mass is 16.5. The number of nitrogens with two attached hydrogens (primary N) is 1. The Labute approximate surface area is 121 Å². The van der Waals surface area contributed by atoms with Crippen molar-refractivity contribution in [2.45, 2.75) is 20.0 Å². The summed E-state index contributed by atoms with van der Waals surface area (Å²) in [6, 6.07) is 8.81. The summed E-state index contributed by atoms with van der Waals surface area (Å²) in [4.78, 5) is 22.3. The quantitative estimate of drug-likeness (QED) is 0.478. The Morgan fingerprint density at radius 3 is 2.62 bits per heavy atom. The van der Waals surface area contributed by atoms with E-state index >= 15 is 0 Å². The minimum Gasteiger partial charge on any atom is -0.486 e. The Kier molecular flexibility index (Phi) is 4.73. The molecular weight excluding hydrogens is 272 g/mol. The van der Waals surface area contributed by atoms with Crippen LogP contribution in [0, 0.1) is 0 Å². The van der Waals surface area contributed by atoms with Crippen LogP contribution in [0.4, 0.5) is 0 Å². The van der Waals surface area contributed by atoms with Crippen molar-refractivity contribution in [1.29, 1.82) is 0 Å². The van der Waals surface area contributed by atoms with Gasteiger partial charge in [-0.25, -0.2) is 5.84 Å². The van der Waals surface area contributed by atoms with E-state index in [1.807, 2.05) is 17.6 Å². The van der Waals surface area contributed by atoms with Gasteiger partial charge in [0.2, 0.25) is 0 Å². The minimum atomic E-state index is -0.418. The third kappa shape index (κ3) is 4.19. The molecule has 0 aliphatic carbocycles. The lowest BCUT2D eigenvalue weighted by Gasteiger charge is -2.05. The van der Waals surface area contributed by atoms with Gasteiger partial charge in [0.25, 0.3) is 5.91 Å². The molecular formula is C15H16N2O4. The molecule has 0 saturated heterocycles. The van der Waals surface area contributed by atoms with Crippen LogP contribution in [0.3, 0.4) is 0 Å². The van der Waals surface area contributed by atoms with E-state index in [9.17, 15) is 9.59 Å². The van der Waals surface area contributed by atoms with Gasteiger partial charge in [0, 0.05) is 6.42 Å². The molecule has 1 aromatic carbocycles.